The summed E-state index contributed by atoms with van der Waals surface area (Å²) in [7, 11) is 3.37. The van der Waals surface area contributed by atoms with Gasteiger partial charge in [0.1, 0.15) is 0 Å². The van der Waals surface area contributed by atoms with Gasteiger partial charge >= 0.3 is 0 Å². The van der Waals surface area contributed by atoms with Crippen molar-refractivity contribution < 1.29 is 9.47 Å². The van der Waals surface area contributed by atoms with E-state index < -0.39 is 0 Å². The van der Waals surface area contributed by atoms with Crippen molar-refractivity contribution in [3.63, 3.8) is 0 Å². The third kappa shape index (κ3) is 6.73. The highest BCUT2D eigenvalue weighted by atomic mass is 16.7. The second-order valence-electron chi connectivity index (χ2n) is 5.94. The summed E-state index contributed by atoms with van der Waals surface area (Å²) in [6.07, 6.45) is 14.6. The lowest BCUT2D eigenvalue weighted by molar-refractivity contribution is -0.126. The van der Waals surface area contributed by atoms with Gasteiger partial charge in [-0.25, -0.2) is 0 Å². The predicted molar refractivity (Wildman–Crippen MR) is 80.1 cm³/mol. The molecule has 1 rings (SSSR count). The number of ether oxygens (including phenoxy) is 2. The van der Waals surface area contributed by atoms with E-state index in [1.54, 1.807) is 14.2 Å². The minimum Gasteiger partial charge on any atom is -0.354 e. The van der Waals surface area contributed by atoms with Crippen LogP contribution < -0.4 is 5.73 Å². The summed E-state index contributed by atoms with van der Waals surface area (Å²) in [6.45, 7) is 0. The molecule has 1 atom stereocenters. The van der Waals surface area contributed by atoms with Crippen molar-refractivity contribution in [1.29, 1.82) is 0 Å². The zero-order chi connectivity index (χ0) is 13.9. The Morgan fingerprint density at radius 2 is 1.11 bits per heavy atom. The number of nitrogens with two attached hydrogens (primary N) is 1. The second kappa shape index (κ2) is 10.6. The molecule has 1 unspecified atom stereocenters. The molecule has 0 aromatic carbocycles. The zero-order valence-electron chi connectivity index (χ0n) is 12.9. The summed E-state index contributed by atoms with van der Waals surface area (Å²) in [5.74, 6) is 0.546. The number of hydrogen-bond acceptors (Lipinski definition) is 3. The molecule has 1 saturated carbocycles. The molecule has 0 amide bonds. The van der Waals surface area contributed by atoms with E-state index in [4.69, 9.17) is 15.2 Å². The fourth-order valence-electron chi connectivity index (χ4n) is 3.21. The number of rotatable bonds is 4. The smallest absolute Gasteiger partial charge is 0.172 e. The molecule has 1 fully saturated rings. The first-order valence-corrected chi connectivity index (χ1v) is 8.10. The molecule has 3 nitrogen and oxygen atoms in total. The van der Waals surface area contributed by atoms with Gasteiger partial charge in [0.15, 0.2) is 6.29 Å². The molecule has 0 radical (unpaired) electrons. The van der Waals surface area contributed by atoms with Crippen LogP contribution in [0, 0.1) is 5.92 Å². The molecule has 3 heteroatoms. The van der Waals surface area contributed by atoms with Gasteiger partial charge in [-0.2, -0.15) is 0 Å². The molecule has 2 N–H and O–H groups in total. The lowest BCUT2D eigenvalue weighted by atomic mass is 9.87. The highest BCUT2D eigenvalue weighted by Gasteiger charge is 2.25. The minimum atomic E-state index is -0.252. The van der Waals surface area contributed by atoms with Crippen molar-refractivity contribution in [3.05, 3.63) is 0 Å². The molecule has 0 bridgehead atoms. The van der Waals surface area contributed by atoms with Crippen LogP contribution in [0.1, 0.15) is 70.6 Å². The van der Waals surface area contributed by atoms with Crippen LogP contribution in [-0.4, -0.2) is 26.6 Å². The summed E-state index contributed by atoms with van der Waals surface area (Å²) in [5.41, 5.74) is 6.34. The molecule has 0 spiro atoms. The van der Waals surface area contributed by atoms with Gasteiger partial charge in [0, 0.05) is 14.2 Å². The monoisotopic (exact) mass is 271 g/mol. The van der Waals surface area contributed by atoms with Gasteiger partial charge in [-0.15, -0.1) is 0 Å². The Morgan fingerprint density at radius 1 is 0.737 bits per heavy atom. The van der Waals surface area contributed by atoms with Crippen LogP contribution in [0.3, 0.4) is 0 Å². The Bertz CT molecular complexity index is 195. The second-order valence-corrected chi connectivity index (χ2v) is 5.94. The van der Waals surface area contributed by atoms with Crippen molar-refractivity contribution in [2.45, 2.75) is 83.0 Å². The quantitative estimate of drug-likeness (QED) is 0.790. The van der Waals surface area contributed by atoms with Crippen LogP contribution in [0.4, 0.5) is 0 Å². The van der Waals surface area contributed by atoms with Gasteiger partial charge in [-0.3, -0.25) is 0 Å². The number of hydrogen-bond donors (Lipinski definition) is 1. The summed E-state index contributed by atoms with van der Waals surface area (Å²) in [4.78, 5) is 0. The summed E-state index contributed by atoms with van der Waals surface area (Å²) >= 11 is 0. The van der Waals surface area contributed by atoms with Gasteiger partial charge < -0.3 is 15.2 Å². The average molecular weight is 271 g/mol. The van der Waals surface area contributed by atoms with Crippen molar-refractivity contribution in [2.24, 2.45) is 11.7 Å². The molecule has 0 aromatic heterocycles. The van der Waals surface area contributed by atoms with Gasteiger partial charge in [0.2, 0.25) is 0 Å². The van der Waals surface area contributed by atoms with E-state index in [1.165, 1.54) is 70.6 Å². The normalized spacial score (nSPS) is 22.7. The first-order valence-electron chi connectivity index (χ1n) is 8.10. The minimum absolute atomic E-state index is 0.0120. The van der Waals surface area contributed by atoms with Gasteiger partial charge in [-0.1, -0.05) is 57.8 Å². The van der Waals surface area contributed by atoms with Crippen molar-refractivity contribution in [2.75, 3.05) is 14.2 Å². The number of methoxy groups -OCH3 is 2. The Kier molecular flexibility index (Phi) is 9.48. The van der Waals surface area contributed by atoms with Crippen molar-refractivity contribution in [3.8, 4) is 0 Å². The summed E-state index contributed by atoms with van der Waals surface area (Å²) in [5, 5.41) is 0. The Hall–Kier alpha value is -0.120. The Morgan fingerprint density at radius 3 is 1.47 bits per heavy atom. The maximum absolute atomic E-state index is 6.34. The van der Waals surface area contributed by atoms with E-state index in [0.29, 0.717) is 5.92 Å². The highest BCUT2D eigenvalue weighted by Crippen LogP contribution is 2.24. The van der Waals surface area contributed by atoms with E-state index in [0.717, 1.165) is 0 Å². The van der Waals surface area contributed by atoms with Gasteiger partial charge in [0.05, 0.1) is 6.04 Å². The molecular weight excluding hydrogens is 238 g/mol. The van der Waals surface area contributed by atoms with E-state index in [1.807, 2.05) is 0 Å². The maximum Gasteiger partial charge on any atom is 0.172 e. The van der Waals surface area contributed by atoms with Crippen LogP contribution >= 0.6 is 0 Å². The molecule has 0 aromatic rings. The van der Waals surface area contributed by atoms with Gasteiger partial charge in [0.25, 0.3) is 0 Å². The lowest BCUT2D eigenvalue weighted by Gasteiger charge is -2.29. The van der Waals surface area contributed by atoms with E-state index in [-0.39, 0.29) is 12.3 Å². The van der Waals surface area contributed by atoms with Crippen LogP contribution in [0.5, 0.6) is 0 Å². The van der Waals surface area contributed by atoms with Gasteiger partial charge in [-0.05, 0) is 18.8 Å². The van der Waals surface area contributed by atoms with Crippen molar-refractivity contribution in [1.82, 2.24) is 0 Å². The molecule has 114 valence electrons. The fourth-order valence-corrected chi connectivity index (χ4v) is 3.21. The zero-order valence-corrected chi connectivity index (χ0v) is 12.9. The fraction of sp³-hybridized carbons (Fsp3) is 1.00. The molecule has 0 aliphatic heterocycles. The molecule has 0 saturated heterocycles. The first kappa shape index (κ1) is 16.9. The van der Waals surface area contributed by atoms with E-state index in [9.17, 15) is 0 Å². The Balaban J connectivity index is 2.45. The molecule has 19 heavy (non-hydrogen) atoms. The highest BCUT2D eigenvalue weighted by molar-refractivity contribution is 4.76. The third-order valence-corrected chi connectivity index (χ3v) is 4.47. The standard InChI is InChI=1S/C16H33NO2/c1-18-16(19-2)15(17)14-12-10-8-6-4-3-5-7-9-11-13-14/h14-16H,3-13,17H2,1-2H3. The lowest BCUT2D eigenvalue weighted by Crippen LogP contribution is -2.43. The van der Waals surface area contributed by atoms with Crippen LogP contribution in [0.25, 0.3) is 0 Å². The van der Waals surface area contributed by atoms with Crippen LogP contribution in [-0.2, 0) is 9.47 Å². The largest absolute Gasteiger partial charge is 0.354 e. The van der Waals surface area contributed by atoms with Crippen molar-refractivity contribution >= 4 is 0 Å². The molecule has 0 heterocycles. The molecular formula is C16H33NO2. The van der Waals surface area contributed by atoms with Crippen LogP contribution in [0.15, 0.2) is 0 Å². The summed E-state index contributed by atoms with van der Waals surface area (Å²) in [6, 6.07) is 0.0120. The summed E-state index contributed by atoms with van der Waals surface area (Å²) < 4.78 is 10.7. The molecule has 1 aliphatic carbocycles. The van der Waals surface area contributed by atoms with E-state index in [2.05, 4.69) is 0 Å². The predicted octanol–water partition coefficient (Wildman–Crippen LogP) is 3.85. The van der Waals surface area contributed by atoms with Crippen LogP contribution in [0.2, 0.25) is 0 Å². The average Bonchev–Trinajstić information content (AvgIpc) is 2.40. The molecule has 1 aliphatic rings. The maximum atomic E-state index is 6.34. The Labute approximate surface area is 119 Å². The SMILES string of the molecule is COC(OC)C(N)C1CCCCCCCCCCC1. The first-order chi connectivity index (χ1) is 9.29. The van der Waals surface area contributed by atoms with E-state index >= 15 is 0 Å². The topological polar surface area (TPSA) is 44.5 Å². The third-order valence-electron chi connectivity index (χ3n) is 4.47.